The monoisotopic (exact) mass is 401 g/mol. The Kier molecular flexibility index (Phi) is 8.06. The second-order valence-electron chi connectivity index (χ2n) is 6.89. The van der Waals surface area contributed by atoms with Crippen molar-refractivity contribution in [1.29, 1.82) is 0 Å². The van der Waals surface area contributed by atoms with E-state index in [1.54, 1.807) is 0 Å². The predicted octanol–water partition coefficient (Wildman–Crippen LogP) is 2.19. The molecule has 0 aliphatic carbocycles. The molecule has 0 unspecified atom stereocenters. The van der Waals surface area contributed by atoms with Gasteiger partial charge in [-0.05, 0) is 31.9 Å². The van der Waals surface area contributed by atoms with Crippen LogP contribution in [-0.4, -0.2) is 35.1 Å². The van der Waals surface area contributed by atoms with Gasteiger partial charge in [0.05, 0.1) is 6.54 Å². The number of nitrogens with one attached hydrogen (secondary N) is 1. The number of hydrogen-bond donors (Lipinski definition) is 2. The average Bonchev–Trinajstić information content (AvgIpc) is 2.72. The third-order valence-electron chi connectivity index (χ3n) is 4.80. The summed E-state index contributed by atoms with van der Waals surface area (Å²) in [6.45, 7) is 7.37. The van der Waals surface area contributed by atoms with Crippen molar-refractivity contribution in [1.82, 2.24) is 9.55 Å². The largest absolute Gasteiger partial charge is 0.383 e. The van der Waals surface area contributed by atoms with Crippen molar-refractivity contribution in [3.8, 4) is 0 Å². The molecule has 8 nitrogen and oxygen atoms in total. The number of para-hydroxylation sites is 1. The summed E-state index contributed by atoms with van der Waals surface area (Å²) in [4.78, 5) is 43.6. The summed E-state index contributed by atoms with van der Waals surface area (Å²) < 4.78 is 1.32. The molecule has 0 fully saturated rings. The maximum atomic E-state index is 13.2. The fourth-order valence-corrected chi connectivity index (χ4v) is 3.23. The van der Waals surface area contributed by atoms with Gasteiger partial charge in [-0.2, -0.15) is 0 Å². The minimum absolute atomic E-state index is 0.0350. The number of rotatable bonds is 10. The summed E-state index contributed by atoms with van der Waals surface area (Å²) >= 11 is 0. The number of anilines is 3. The fourth-order valence-electron chi connectivity index (χ4n) is 3.23. The summed E-state index contributed by atoms with van der Waals surface area (Å²) in [5.41, 5.74) is 5.99. The molecule has 1 amide bonds. The Morgan fingerprint density at radius 3 is 2.38 bits per heavy atom. The molecule has 0 saturated heterocycles. The van der Waals surface area contributed by atoms with Crippen LogP contribution < -0.4 is 26.8 Å². The Labute approximate surface area is 170 Å². The molecule has 1 aromatic carbocycles. The topological polar surface area (TPSA) is 104 Å². The Hall–Kier alpha value is -3.03. The lowest BCUT2D eigenvalue weighted by atomic mass is 10.2. The summed E-state index contributed by atoms with van der Waals surface area (Å²) in [6.07, 6.45) is 2.25. The molecule has 0 bridgehead atoms. The van der Waals surface area contributed by atoms with Crippen LogP contribution in [0.1, 0.15) is 40.0 Å². The van der Waals surface area contributed by atoms with E-state index >= 15 is 0 Å². The van der Waals surface area contributed by atoms with Crippen LogP contribution in [-0.2, 0) is 11.3 Å². The average molecular weight is 402 g/mol. The van der Waals surface area contributed by atoms with Gasteiger partial charge in [-0.25, -0.2) is 4.79 Å². The summed E-state index contributed by atoms with van der Waals surface area (Å²) in [5, 5.41) is 0. The molecule has 0 saturated carbocycles. The number of nitrogens with zero attached hydrogens (tertiary/aromatic N) is 3. The van der Waals surface area contributed by atoms with Gasteiger partial charge in [0.15, 0.2) is 5.69 Å². The van der Waals surface area contributed by atoms with Crippen LogP contribution in [0.15, 0.2) is 39.9 Å². The van der Waals surface area contributed by atoms with E-state index in [2.05, 4.69) is 4.98 Å². The van der Waals surface area contributed by atoms with Crippen molar-refractivity contribution >= 4 is 23.1 Å². The van der Waals surface area contributed by atoms with Gasteiger partial charge in [0.2, 0.25) is 5.91 Å². The van der Waals surface area contributed by atoms with Crippen molar-refractivity contribution in [2.75, 3.05) is 35.2 Å². The molecule has 1 aromatic heterocycles. The number of nitrogen functional groups attached to an aromatic ring is 1. The van der Waals surface area contributed by atoms with E-state index in [0.29, 0.717) is 26.1 Å². The van der Waals surface area contributed by atoms with Crippen LogP contribution in [0.25, 0.3) is 0 Å². The zero-order valence-corrected chi connectivity index (χ0v) is 17.5. The highest BCUT2D eigenvalue weighted by atomic mass is 16.2. The van der Waals surface area contributed by atoms with E-state index in [1.807, 2.05) is 56.0 Å². The smallest absolute Gasteiger partial charge is 0.330 e. The van der Waals surface area contributed by atoms with E-state index in [-0.39, 0.29) is 24.0 Å². The summed E-state index contributed by atoms with van der Waals surface area (Å²) in [6, 6.07) is 9.64. The van der Waals surface area contributed by atoms with Gasteiger partial charge in [0.25, 0.3) is 5.56 Å². The molecule has 0 aliphatic heterocycles. The van der Waals surface area contributed by atoms with Crippen molar-refractivity contribution in [3.63, 3.8) is 0 Å². The molecule has 0 spiro atoms. The minimum Gasteiger partial charge on any atom is -0.383 e. The Bertz CT molecular complexity index is 920. The lowest BCUT2D eigenvalue weighted by Crippen LogP contribution is -2.45. The zero-order chi connectivity index (χ0) is 21.4. The number of amides is 1. The summed E-state index contributed by atoms with van der Waals surface area (Å²) in [5.74, 6) is -0.198. The number of unbranched alkanes of at least 4 members (excludes halogenated alkanes) is 1. The van der Waals surface area contributed by atoms with Crippen LogP contribution in [0, 0.1) is 0 Å². The van der Waals surface area contributed by atoms with Crippen LogP contribution in [0.2, 0.25) is 0 Å². The zero-order valence-electron chi connectivity index (χ0n) is 17.5. The number of nitrogens with two attached hydrogens (primary N) is 1. The molecule has 2 rings (SSSR count). The molecule has 3 N–H and O–H groups in total. The van der Waals surface area contributed by atoms with Crippen molar-refractivity contribution in [2.24, 2.45) is 0 Å². The molecular formula is C21H31N5O3. The molecule has 29 heavy (non-hydrogen) atoms. The van der Waals surface area contributed by atoms with Gasteiger partial charge in [-0.3, -0.25) is 19.1 Å². The van der Waals surface area contributed by atoms with Crippen molar-refractivity contribution < 1.29 is 4.79 Å². The lowest BCUT2D eigenvalue weighted by molar-refractivity contribution is -0.117. The molecule has 8 heteroatoms. The maximum Gasteiger partial charge on any atom is 0.330 e. The SMILES string of the molecule is CCCCN(C(=O)CN(CC)c1ccccc1)c1c(N)n(CCC)c(=O)[nH]c1=O. The van der Waals surface area contributed by atoms with E-state index in [0.717, 1.165) is 18.5 Å². The molecule has 158 valence electrons. The molecular weight excluding hydrogens is 370 g/mol. The molecule has 0 atom stereocenters. The summed E-state index contributed by atoms with van der Waals surface area (Å²) in [7, 11) is 0. The van der Waals surface area contributed by atoms with Gasteiger partial charge in [-0.15, -0.1) is 0 Å². The third kappa shape index (κ3) is 5.28. The van der Waals surface area contributed by atoms with Crippen LogP contribution in [0.5, 0.6) is 0 Å². The second-order valence-corrected chi connectivity index (χ2v) is 6.89. The van der Waals surface area contributed by atoms with Crippen molar-refractivity contribution in [2.45, 2.75) is 46.6 Å². The number of hydrogen-bond acceptors (Lipinski definition) is 5. The molecule has 2 aromatic rings. The Balaban J connectivity index is 2.43. The Morgan fingerprint density at radius 2 is 1.79 bits per heavy atom. The van der Waals surface area contributed by atoms with E-state index < -0.39 is 11.2 Å². The number of carbonyl (C=O) groups excluding carboxylic acids is 1. The first kappa shape index (κ1) is 22.3. The standard InChI is InChI=1S/C21H31N5O3/c1-4-7-14-25(17(27)15-24(6-3)16-11-9-8-10-12-16)18-19(22)26(13-5-2)21(29)23-20(18)28/h8-12H,4-7,13-15,22H2,1-3H3,(H,23,28,29). The van der Waals surface area contributed by atoms with E-state index in [9.17, 15) is 14.4 Å². The fraction of sp³-hybridized carbons (Fsp3) is 0.476. The van der Waals surface area contributed by atoms with Gasteiger partial charge < -0.3 is 15.5 Å². The normalized spacial score (nSPS) is 10.7. The highest BCUT2D eigenvalue weighted by Crippen LogP contribution is 2.20. The Morgan fingerprint density at radius 1 is 1.10 bits per heavy atom. The van der Waals surface area contributed by atoms with Crippen LogP contribution in [0.4, 0.5) is 17.2 Å². The first-order chi connectivity index (χ1) is 13.9. The number of likely N-dealkylation sites (N-methyl/N-ethyl adjacent to an activating group) is 1. The van der Waals surface area contributed by atoms with Gasteiger partial charge in [0, 0.05) is 25.3 Å². The maximum absolute atomic E-state index is 13.2. The number of carbonyl (C=O) groups is 1. The predicted molar refractivity (Wildman–Crippen MR) is 118 cm³/mol. The van der Waals surface area contributed by atoms with Crippen molar-refractivity contribution in [3.05, 3.63) is 51.2 Å². The highest BCUT2D eigenvalue weighted by Gasteiger charge is 2.25. The quantitative estimate of drug-likeness (QED) is 0.635. The second kappa shape index (κ2) is 10.5. The number of aromatic nitrogens is 2. The highest BCUT2D eigenvalue weighted by molar-refractivity contribution is 5.98. The molecule has 0 radical (unpaired) electrons. The van der Waals surface area contributed by atoms with Crippen LogP contribution >= 0.6 is 0 Å². The minimum atomic E-state index is -0.632. The number of H-pyrrole nitrogens is 1. The first-order valence-electron chi connectivity index (χ1n) is 10.2. The number of aromatic amines is 1. The number of benzene rings is 1. The van der Waals surface area contributed by atoms with E-state index in [1.165, 1.54) is 9.47 Å². The van der Waals surface area contributed by atoms with Gasteiger partial charge >= 0.3 is 5.69 Å². The molecule has 0 aliphatic rings. The molecule has 1 heterocycles. The lowest BCUT2D eigenvalue weighted by Gasteiger charge is -2.28. The third-order valence-corrected chi connectivity index (χ3v) is 4.80. The van der Waals surface area contributed by atoms with Crippen LogP contribution in [0.3, 0.4) is 0 Å². The van der Waals surface area contributed by atoms with Gasteiger partial charge in [0.1, 0.15) is 5.82 Å². The first-order valence-corrected chi connectivity index (χ1v) is 10.2. The van der Waals surface area contributed by atoms with Gasteiger partial charge in [-0.1, -0.05) is 38.5 Å². The van der Waals surface area contributed by atoms with E-state index in [4.69, 9.17) is 5.73 Å².